The summed E-state index contributed by atoms with van der Waals surface area (Å²) < 4.78 is 26.4. The number of sulfone groups is 1. The molecule has 0 aromatic heterocycles. The third-order valence-electron chi connectivity index (χ3n) is 8.90. The molecule has 254 valence electrons. The first kappa shape index (κ1) is 38.7. The Morgan fingerprint density at radius 1 is 1.02 bits per heavy atom. The lowest BCUT2D eigenvalue weighted by Gasteiger charge is -2.33. The van der Waals surface area contributed by atoms with Crippen LogP contribution < -0.4 is 10.6 Å². The largest absolute Gasteiger partial charge is 0.390 e. The fourth-order valence-electron chi connectivity index (χ4n) is 5.91. The molecule has 9 nitrogen and oxygen atoms in total. The molecule has 1 fully saturated rings. The van der Waals surface area contributed by atoms with Crippen LogP contribution in [0, 0.1) is 30.1 Å². The Morgan fingerprint density at radius 2 is 1.67 bits per heavy atom. The van der Waals surface area contributed by atoms with E-state index in [-0.39, 0.29) is 36.3 Å². The van der Waals surface area contributed by atoms with E-state index in [1.807, 2.05) is 70.0 Å². The number of aliphatic hydroxyl groups is 2. The first-order valence-electron chi connectivity index (χ1n) is 16.6. The van der Waals surface area contributed by atoms with Gasteiger partial charge in [-0.3, -0.25) is 9.59 Å². The Morgan fingerprint density at radius 3 is 2.24 bits per heavy atom. The molecule has 4 N–H and O–H groups in total. The van der Waals surface area contributed by atoms with Crippen LogP contribution in [0.4, 0.5) is 0 Å². The van der Waals surface area contributed by atoms with Crippen LogP contribution in [0.25, 0.3) is 0 Å². The standard InChI is InChI=1S/C35H57N3O6S/c1-7-14-30(35(42)37-31(23-28-17-12-9-13-18-28)33(40)32(39)21-25(2)3)36-34(41)29(22-27-15-10-8-11-16-27)24-45(43,44)20-19-38(6)26(4)5/h1,8,10-11,15-16,25-26,28-33,39-40H,9,12-14,17-24H2,2-6H3,(H,36,41)(H,37,42)/t29?,30-,31?,32?,33+/m0/s1. The third-order valence-corrected chi connectivity index (χ3v) is 10.6. The van der Waals surface area contributed by atoms with Crippen molar-refractivity contribution in [2.75, 3.05) is 25.1 Å². The minimum absolute atomic E-state index is 0.0893. The molecule has 10 heteroatoms. The second-order valence-electron chi connectivity index (χ2n) is 13.6. The lowest BCUT2D eigenvalue weighted by atomic mass is 9.82. The number of nitrogens with zero attached hydrogens (tertiary/aromatic N) is 1. The summed E-state index contributed by atoms with van der Waals surface area (Å²) in [6, 6.07) is 7.52. The van der Waals surface area contributed by atoms with Crippen molar-refractivity contribution in [3.8, 4) is 12.3 Å². The van der Waals surface area contributed by atoms with Crippen molar-refractivity contribution in [1.82, 2.24) is 15.5 Å². The highest BCUT2D eigenvalue weighted by Gasteiger charge is 2.34. The quantitative estimate of drug-likeness (QED) is 0.169. The average Bonchev–Trinajstić information content (AvgIpc) is 2.99. The lowest BCUT2D eigenvalue weighted by Crippen LogP contribution is -2.56. The molecule has 0 saturated heterocycles. The van der Waals surface area contributed by atoms with Gasteiger partial charge in [-0.05, 0) is 57.6 Å². The molecule has 0 radical (unpaired) electrons. The van der Waals surface area contributed by atoms with E-state index >= 15 is 0 Å². The normalized spacial score (nSPS) is 17.8. The van der Waals surface area contributed by atoms with E-state index < -0.39 is 51.9 Å². The number of carbonyl (C=O) groups excluding carboxylic acids is 2. The Hall–Kier alpha value is -2.45. The van der Waals surface area contributed by atoms with Crippen LogP contribution in [-0.4, -0.2) is 90.8 Å². The molecule has 1 aliphatic rings. The van der Waals surface area contributed by atoms with Crippen molar-refractivity contribution in [2.45, 2.75) is 116 Å². The summed E-state index contributed by atoms with van der Waals surface area (Å²) in [6.45, 7) is 8.22. The van der Waals surface area contributed by atoms with Crippen molar-refractivity contribution in [2.24, 2.45) is 17.8 Å². The SMILES string of the molecule is C#CC[C@H](NC(=O)C(Cc1ccccc1)CS(=O)(=O)CCN(C)C(C)C)C(=O)NC(CC1CCCCC1)[C@@H](O)C(O)CC(C)C. The molecule has 2 amide bonds. The molecule has 0 aliphatic heterocycles. The molecule has 0 spiro atoms. The van der Waals surface area contributed by atoms with Gasteiger partial charge < -0.3 is 25.7 Å². The van der Waals surface area contributed by atoms with E-state index in [1.165, 1.54) is 0 Å². The molecule has 0 bridgehead atoms. The van der Waals surface area contributed by atoms with Gasteiger partial charge in [-0.1, -0.05) is 76.3 Å². The van der Waals surface area contributed by atoms with Gasteiger partial charge in [-0.25, -0.2) is 8.42 Å². The maximum Gasteiger partial charge on any atom is 0.243 e. The van der Waals surface area contributed by atoms with Crippen molar-refractivity contribution >= 4 is 21.7 Å². The molecular weight excluding hydrogens is 590 g/mol. The molecule has 5 atom stereocenters. The number of carbonyl (C=O) groups is 2. The van der Waals surface area contributed by atoms with E-state index in [0.29, 0.717) is 25.3 Å². The lowest BCUT2D eigenvalue weighted by molar-refractivity contribution is -0.132. The zero-order valence-corrected chi connectivity index (χ0v) is 28.8. The van der Waals surface area contributed by atoms with Gasteiger partial charge in [0.15, 0.2) is 9.84 Å². The van der Waals surface area contributed by atoms with E-state index in [0.717, 1.165) is 37.7 Å². The molecular formula is C35H57N3O6S. The Labute approximate surface area is 271 Å². The fourth-order valence-corrected chi connectivity index (χ4v) is 7.53. The summed E-state index contributed by atoms with van der Waals surface area (Å²) >= 11 is 0. The first-order valence-corrected chi connectivity index (χ1v) is 18.4. The smallest absolute Gasteiger partial charge is 0.243 e. The summed E-state index contributed by atoms with van der Waals surface area (Å²) in [4.78, 5) is 29.3. The predicted molar refractivity (Wildman–Crippen MR) is 180 cm³/mol. The van der Waals surface area contributed by atoms with Crippen LogP contribution in [0.1, 0.15) is 84.6 Å². The predicted octanol–water partition coefficient (Wildman–Crippen LogP) is 3.33. The van der Waals surface area contributed by atoms with E-state index in [2.05, 4.69) is 16.6 Å². The maximum absolute atomic E-state index is 13.7. The van der Waals surface area contributed by atoms with Crippen LogP contribution in [0.15, 0.2) is 30.3 Å². The second kappa shape index (κ2) is 19.3. The van der Waals surface area contributed by atoms with Crippen molar-refractivity contribution in [3.05, 3.63) is 35.9 Å². The van der Waals surface area contributed by atoms with Gasteiger partial charge in [0.05, 0.1) is 29.6 Å². The number of hydrogen-bond donors (Lipinski definition) is 4. The highest BCUT2D eigenvalue weighted by molar-refractivity contribution is 7.91. The summed E-state index contributed by atoms with van der Waals surface area (Å²) in [5.74, 6) is 0.391. The molecule has 2 rings (SSSR count). The maximum atomic E-state index is 13.7. The first-order chi connectivity index (χ1) is 21.2. The van der Waals surface area contributed by atoms with Gasteiger partial charge in [0.2, 0.25) is 11.8 Å². The van der Waals surface area contributed by atoms with Gasteiger partial charge in [0, 0.05) is 19.0 Å². The number of terminal acetylenes is 1. The van der Waals surface area contributed by atoms with Gasteiger partial charge in [-0.2, -0.15) is 0 Å². The van der Waals surface area contributed by atoms with Gasteiger partial charge in [0.25, 0.3) is 0 Å². The van der Waals surface area contributed by atoms with Crippen LogP contribution >= 0.6 is 0 Å². The second-order valence-corrected chi connectivity index (χ2v) is 15.8. The number of hydrogen-bond acceptors (Lipinski definition) is 7. The Balaban J connectivity index is 2.24. The van der Waals surface area contributed by atoms with Gasteiger partial charge in [-0.15, -0.1) is 12.3 Å². The van der Waals surface area contributed by atoms with Crippen molar-refractivity contribution in [3.63, 3.8) is 0 Å². The number of aliphatic hydroxyl groups excluding tert-OH is 2. The Bertz CT molecular complexity index is 1180. The summed E-state index contributed by atoms with van der Waals surface area (Å²) in [6.07, 6.45) is 9.70. The zero-order chi connectivity index (χ0) is 33.6. The average molecular weight is 648 g/mol. The summed E-state index contributed by atoms with van der Waals surface area (Å²) in [5.41, 5.74) is 0.805. The summed E-state index contributed by atoms with van der Waals surface area (Å²) in [7, 11) is -1.75. The fraction of sp³-hybridized carbons (Fsp3) is 0.714. The molecule has 3 unspecified atom stereocenters. The van der Waals surface area contributed by atoms with Crippen LogP contribution in [0.3, 0.4) is 0 Å². The van der Waals surface area contributed by atoms with Crippen molar-refractivity contribution < 1.29 is 28.2 Å². The minimum atomic E-state index is -3.61. The summed E-state index contributed by atoms with van der Waals surface area (Å²) in [5, 5.41) is 27.5. The third kappa shape index (κ3) is 14.2. The number of rotatable bonds is 19. The molecule has 1 saturated carbocycles. The van der Waals surface area contributed by atoms with E-state index in [1.54, 1.807) is 0 Å². The van der Waals surface area contributed by atoms with E-state index in [4.69, 9.17) is 6.42 Å². The Kier molecular flexibility index (Phi) is 16.6. The topological polar surface area (TPSA) is 136 Å². The monoisotopic (exact) mass is 647 g/mol. The molecule has 1 aliphatic carbocycles. The molecule has 1 aromatic rings. The number of amides is 2. The van der Waals surface area contributed by atoms with E-state index in [9.17, 15) is 28.2 Å². The molecule has 45 heavy (non-hydrogen) atoms. The van der Waals surface area contributed by atoms with Crippen LogP contribution in [0.2, 0.25) is 0 Å². The van der Waals surface area contributed by atoms with Crippen LogP contribution in [-0.2, 0) is 25.8 Å². The van der Waals surface area contributed by atoms with Crippen LogP contribution in [0.5, 0.6) is 0 Å². The molecule has 0 heterocycles. The highest BCUT2D eigenvalue weighted by atomic mass is 32.2. The van der Waals surface area contributed by atoms with Gasteiger partial charge >= 0.3 is 0 Å². The number of nitrogens with one attached hydrogen (secondary N) is 2. The zero-order valence-electron chi connectivity index (χ0n) is 28.0. The molecule has 1 aromatic carbocycles. The van der Waals surface area contributed by atoms with Crippen molar-refractivity contribution in [1.29, 1.82) is 0 Å². The minimum Gasteiger partial charge on any atom is -0.390 e. The van der Waals surface area contributed by atoms with Gasteiger partial charge in [0.1, 0.15) is 12.1 Å². The highest BCUT2D eigenvalue weighted by Crippen LogP contribution is 2.29. The number of benzene rings is 1.